The molecule has 4 rings (SSSR count). The van der Waals surface area contributed by atoms with E-state index in [1.807, 2.05) is 65.5 Å². The van der Waals surface area contributed by atoms with Crippen LogP contribution in [0.5, 0.6) is 0 Å². The Morgan fingerprint density at radius 2 is 2.16 bits per heavy atom. The maximum atomic E-state index is 12.7. The third-order valence-corrected chi connectivity index (χ3v) is 6.50. The Morgan fingerprint density at radius 3 is 2.91 bits per heavy atom. The summed E-state index contributed by atoms with van der Waals surface area (Å²) in [5, 5.41) is 9.30. The summed E-state index contributed by atoms with van der Waals surface area (Å²) >= 11 is 1.59. The first-order valence-corrected chi connectivity index (χ1v) is 11.6. The molecule has 0 radical (unpaired) electrons. The van der Waals surface area contributed by atoms with Crippen molar-refractivity contribution in [3.8, 4) is 0 Å². The van der Waals surface area contributed by atoms with Gasteiger partial charge in [0, 0.05) is 61.6 Å². The summed E-state index contributed by atoms with van der Waals surface area (Å²) in [6.07, 6.45) is 8.34. The van der Waals surface area contributed by atoms with E-state index in [2.05, 4.69) is 15.4 Å². The van der Waals surface area contributed by atoms with Crippen molar-refractivity contribution in [2.75, 3.05) is 6.54 Å². The van der Waals surface area contributed by atoms with Gasteiger partial charge in [0.15, 0.2) is 0 Å². The maximum absolute atomic E-state index is 12.7. The summed E-state index contributed by atoms with van der Waals surface area (Å²) in [5.41, 5.74) is 5.18. The number of fused-ring (bicyclic) bond motifs is 1. The molecule has 1 aliphatic heterocycles. The first-order chi connectivity index (χ1) is 15.5. The van der Waals surface area contributed by atoms with Crippen molar-refractivity contribution in [1.29, 1.82) is 0 Å². The van der Waals surface area contributed by atoms with E-state index in [0.717, 1.165) is 33.8 Å². The Hall–Kier alpha value is -3.26. The molecule has 2 amide bonds. The number of rotatable bonds is 7. The van der Waals surface area contributed by atoms with Gasteiger partial charge in [-0.15, -0.1) is 11.3 Å². The van der Waals surface area contributed by atoms with Crippen molar-refractivity contribution >= 4 is 29.2 Å². The van der Waals surface area contributed by atoms with E-state index < -0.39 is 0 Å². The molecule has 0 bridgehead atoms. The molecule has 166 valence electrons. The Balaban J connectivity index is 1.36. The Kier molecular flexibility index (Phi) is 6.80. The van der Waals surface area contributed by atoms with Gasteiger partial charge in [-0.25, -0.2) is 0 Å². The van der Waals surface area contributed by atoms with Crippen molar-refractivity contribution in [3.63, 3.8) is 0 Å². The van der Waals surface area contributed by atoms with E-state index in [1.54, 1.807) is 17.4 Å². The number of carbonyl (C=O) groups is 2. The number of aryl methyl sites for hydroxylation is 3. The number of pyridine rings is 1. The van der Waals surface area contributed by atoms with Gasteiger partial charge >= 0.3 is 0 Å². The first-order valence-electron chi connectivity index (χ1n) is 10.7. The summed E-state index contributed by atoms with van der Waals surface area (Å²) < 4.78 is 1.81. The molecule has 0 aliphatic carbocycles. The van der Waals surface area contributed by atoms with Crippen LogP contribution in [0.4, 0.5) is 0 Å². The lowest BCUT2D eigenvalue weighted by molar-refractivity contribution is -0.132. The van der Waals surface area contributed by atoms with Gasteiger partial charge in [0.1, 0.15) is 0 Å². The summed E-state index contributed by atoms with van der Waals surface area (Å²) in [7, 11) is 0. The highest BCUT2D eigenvalue weighted by atomic mass is 32.1. The average molecular weight is 450 g/mol. The highest BCUT2D eigenvalue weighted by molar-refractivity contribution is 7.10. The molecule has 0 saturated heterocycles. The van der Waals surface area contributed by atoms with Crippen molar-refractivity contribution in [2.24, 2.45) is 0 Å². The van der Waals surface area contributed by atoms with Gasteiger partial charge in [0.05, 0.1) is 5.69 Å². The van der Waals surface area contributed by atoms with Crippen LogP contribution in [-0.2, 0) is 35.6 Å². The van der Waals surface area contributed by atoms with E-state index in [-0.39, 0.29) is 11.8 Å². The van der Waals surface area contributed by atoms with Crippen LogP contribution in [-0.4, -0.2) is 38.0 Å². The molecule has 0 aromatic carbocycles. The Morgan fingerprint density at radius 1 is 1.28 bits per heavy atom. The van der Waals surface area contributed by atoms with E-state index >= 15 is 0 Å². The molecule has 0 unspecified atom stereocenters. The highest BCUT2D eigenvalue weighted by Gasteiger charge is 2.24. The number of hydrogen-bond acceptors (Lipinski definition) is 5. The molecule has 4 heterocycles. The smallest absolute Gasteiger partial charge is 0.244 e. The standard InChI is InChI=1S/C24H27N5O2S/c1-17-7-11-29(27-17)12-9-24(31)28-10-8-21-19(16-28)14-25-18(2)22(21)15-26-23(30)6-5-20-4-3-13-32-20/h3-7,11,13-14H,8-10,12,15-16H2,1-2H3,(H,26,30)/b6-5+. The number of carbonyl (C=O) groups excluding carboxylic acids is 2. The minimum absolute atomic E-state index is 0.123. The van der Waals surface area contributed by atoms with Crippen LogP contribution in [0, 0.1) is 13.8 Å². The zero-order chi connectivity index (χ0) is 22.5. The van der Waals surface area contributed by atoms with Gasteiger partial charge < -0.3 is 10.2 Å². The van der Waals surface area contributed by atoms with Crippen LogP contribution in [0.2, 0.25) is 0 Å². The molecule has 3 aromatic heterocycles. The largest absolute Gasteiger partial charge is 0.348 e. The molecule has 3 aromatic rings. The van der Waals surface area contributed by atoms with Gasteiger partial charge in [-0.3, -0.25) is 19.3 Å². The topological polar surface area (TPSA) is 80.1 Å². The van der Waals surface area contributed by atoms with Gasteiger partial charge in [0.2, 0.25) is 11.8 Å². The van der Waals surface area contributed by atoms with E-state index in [4.69, 9.17) is 0 Å². The number of amides is 2. The molecule has 7 nitrogen and oxygen atoms in total. The molecule has 0 saturated carbocycles. The van der Waals surface area contributed by atoms with E-state index in [0.29, 0.717) is 32.6 Å². The second kappa shape index (κ2) is 9.91. The molecule has 32 heavy (non-hydrogen) atoms. The minimum Gasteiger partial charge on any atom is -0.348 e. The number of aromatic nitrogens is 3. The Labute approximate surface area is 191 Å². The fourth-order valence-electron chi connectivity index (χ4n) is 3.90. The summed E-state index contributed by atoms with van der Waals surface area (Å²) in [6, 6.07) is 5.87. The number of nitrogens with one attached hydrogen (secondary N) is 1. The molecule has 0 fully saturated rings. The minimum atomic E-state index is -0.128. The predicted molar refractivity (Wildman–Crippen MR) is 125 cm³/mol. The van der Waals surface area contributed by atoms with Gasteiger partial charge in [-0.1, -0.05) is 6.07 Å². The lowest BCUT2D eigenvalue weighted by Crippen LogP contribution is -2.37. The summed E-state index contributed by atoms with van der Waals surface area (Å²) in [4.78, 5) is 32.4. The SMILES string of the molecule is Cc1ccn(CCC(=O)N2CCc3c(cnc(C)c3CNC(=O)/C=C/c3cccs3)C2)n1. The van der Waals surface area contributed by atoms with Crippen LogP contribution in [0.1, 0.15) is 39.4 Å². The van der Waals surface area contributed by atoms with Crippen molar-refractivity contribution in [2.45, 2.75) is 46.3 Å². The molecule has 1 aliphatic rings. The van der Waals surface area contributed by atoms with Crippen molar-refractivity contribution < 1.29 is 9.59 Å². The zero-order valence-electron chi connectivity index (χ0n) is 18.4. The second-order valence-electron chi connectivity index (χ2n) is 7.93. The molecule has 1 N–H and O–H groups in total. The van der Waals surface area contributed by atoms with E-state index in [9.17, 15) is 9.59 Å². The average Bonchev–Trinajstić information content (AvgIpc) is 3.46. The predicted octanol–water partition coefficient (Wildman–Crippen LogP) is 3.26. The number of nitrogens with zero attached hydrogens (tertiary/aromatic N) is 4. The fraction of sp³-hybridized carbons (Fsp3) is 0.333. The van der Waals surface area contributed by atoms with Crippen LogP contribution in [0.25, 0.3) is 6.08 Å². The van der Waals surface area contributed by atoms with E-state index in [1.165, 1.54) is 5.56 Å². The van der Waals surface area contributed by atoms with Crippen LogP contribution >= 0.6 is 11.3 Å². The van der Waals surface area contributed by atoms with Crippen LogP contribution in [0.3, 0.4) is 0 Å². The normalized spacial score (nSPS) is 13.4. The third-order valence-electron chi connectivity index (χ3n) is 5.66. The maximum Gasteiger partial charge on any atom is 0.244 e. The molecule has 8 heteroatoms. The molecule has 0 spiro atoms. The molecule has 0 atom stereocenters. The van der Waals surface area contributed by atoms with Crippen LogP contribution < -0.4 is 5.32 Å². The van der Waals surface area contributed by atoms with Gasteiger partial charge in [0.25, 0.3) is 0 Å². The summed E-state index contributed by atoms with van der Waals surface area (Å²) in [6.45, 7) is 6.15. The van der Waals surface area contributed by atoms with Crippen molar-refractivity contribution in [3.05, 3.63) is 75.0 Å². The molecular formula is C24H27N5O2S. The highest BCUT2D eigenvalue weighted by Crippen LogP contribution is 2.24. The van der Waals surface area contributed by atoms with Crippen LogP contribution in [0.15, 0.2) is 42.0 Å². The van der Waals surface area contributed by atoms with Gasteiger partial charge in [-0.05, 0) is 60.5 Å². The monoisotopic (exact) mass is 449 g/mol. The van der Waals surface area contributed by atoms with Gasteiger partial charge in [-0.2, -0.15) is 5.10 Å². The quantitative estimate of drug-likeness (QED) is 0.562. The lowest BCUT2D eigenvalue weighted by atomic mass is 9.94. The number of hydrogen-bond donors (Lipinski definition) is 1. The zero-order valence-corrected chi connectivity index (χ0v) is 19.2. The summed E-state index contributed by atoms with van der Waals surface area (Å²) in [5.74, 6) is -0.00480. The lowest BCUT2D eigenvalue weighted by Gasteiger charge is -2.30. The number of thiophene rings is 1. The fourth-order valence-corrected chi connectivity index (χ4v) is 4.52. The Bertz CT molecular complexity index is 1130. The van der Waals surface area contributed by atoms with Crippen molar-refractivity contribution in [1.82, 2.24) is 25.0 Å². The molecular weight excluding hydrogens is 422 g/mol. The third kappa shape index (κ3) is 5.31. The second-order valence-corrected chi connectivity index (χ2v) is 8.91. The first kappa shape index (κ1) is 22.0.